The number of oxime groups is 1. The molecule has 0 aliphatic carbocycles. The summed E-state index contributed by atoms with van der Waals surface area (Å²) in [5.41, 5.74) is 1.45. The molecule has 104 valence electrons. The molecular formula is C14H20N2O3. The van der Waals surface area contributed by atoms with Crippen LogP contribution in [0.1, 0.15) is 35.7 Å². The Hall–Kier alpha value is -1.88. The van der Waals surface area contributed by atoms with Crippen molar-refractivity contribution in [2.45, 2.75) is 25.8 Å². The Morgan fingerprint density at radius 2 is 2.16 bits per heavy atom. The number of carbonyl (C=O) groups excluding carboxylic acids is 1. The first kappa shape index (κ1) is 15.2. The summed E-state index contributed by atoms with van der Waals surface area (Å²) in [7, 11) is 1.48. The van der Waals surface area contributed by atoms with Gasteiger partial charge in [0.2, 0.25) is 0 Å². The summed E-state index contributed by atoms with van der Waals surface area (Å²) >= 11 is 0. The van der Waals surface area contributed by atoms with Crippen LogP contribution < -0.4 is 5.32 Å². The smallest absolute Gasteiger partial charge is 0.251 e. The van der Waals surface area contributed by atoms with Crippen LogP contribution in [0.15, 0.2) is 29.4 Å². The average Bonchev–Trinajstić information content (AvgIpc) is 2.45. The van der Waals surface area contributed by atoms with Crippen molar-refractivity contribution >= 4 is 12.1 Å². The number of hydrogen-bond acceptors (Lipinski definition) is 4. The molecule has 1 atom stereocenters. The zero-order valence-corrected chi connectivity index (χ0v) is 11.3. The quantitative estimate of drug-likeness (QED) is 0.580. The second-order valence-electron chi connectivity index (χ2n) is 4.13. The van der Waals surface area contributed by atoms with E-state index in [4.69, 9.17) is 5.11 Å². The van der Waals surface area contributed by atoms with Crippen molar-refractivity contribution < 1.29 is 14.7 Å². The van der Waals surface area contributed by atoms with Gasteiger partial charge in [-0.15, -0.1) is 0 Å². The maximum atomic E-state index is 12.0. The largest absolute Gasteiger partial charge is 0.399 e. The molecule has 1 aromatic carbocycles. The summed E-state index contributed by atoms with van der Waals surface area (Å²) in [5.74, 6) is -0.129. The number of aliphatic hydroxyl groups excluding tert-OH is 1. The van der Waals surface area contributed by atoms with Gasteiger partial charge in [0.25, 0.3) is 5.91 Å². The average molecular weight is 264 g/mol. The highest BCUT2D eigenvalue weighted by Gasteiger charge is 2.11. The lowest BCUT2D eigenvalue weighted by molar-refractivity contribution is 0.0929. The van der Waals surface area contributed by atoms with Crippen LogP contribution in [0.25, 0.3) is 0 Å². The summed E-state index contributed by atoms with van der Waals surface area (Å²) in [6.07, 6.45) is 2.94. The normalized spacial score (nSPS) is 12.4. The van der Waals surface area contributed by atoms with Gasteiger partial charge >= 0.3 is 0 Å². The first-order valence-corrected chi connectivity index (χ1v) is 6.29. The highest BCUT2D eigenvalue weighted by Crippen LogP contribution is 2.05. The molecule has 0 aliphatic rings. The number of carbonyl (C=O) groups is 1. The van der Waals surface area contributed by atoms with Gasteiger partial charge in [0, 0.05) is 18.2 Å². The van der Waals surface area contributed by atoms with E-state index in [1.54, 1.807) is 30.5 Å². The maximum absolute atomic E-state index is 12.0. The van der Waals surface area contributed by atoms with E-state index in [1.807, 2.05) is 6.92 Å². The zero-order chi connectivity index (χ0) is 14.1. The molecule has 2 N–H and O–H groups in total. The molecule has 1 aromatic rings. The third-order valence-electron chi connectivity index (χ3n) is 2.79. The van der Waals surface area contributed by atoms with E-state index in [9.17, 15) is 4.79 Å². The monoisotopic (exact) mass is 264 g/mol. The van der Waals surface area contributed by atoms with Crippen LogP contribution in [0.3, 0.4) is 0 Å². The lowest BCUT2D eigenvalue weighted by atomic mass is 10.1. The molecule has 19 heavy (non-hydrogen) atoms. The van der Waals surface area contributed by atoms with Gasteiger partial charge in [-0.2, -0.15) is 0 Å². The molecular weight excluding hydrogens is 244 g/mol. The number of nitrogens with zero attached hydrogens (tertiary/aromatic N) is 1. The van der Waals surface area contributed by atoms with Crippen LogP contribution in [-0.4, -0.2) is 37.0 Å². The van der Waals surface area contributed by atoms with Gasteiger partial charge in [-0.25, -0.2) is 0 Å². The maximum Gasteiger partial charge on any atom is 0.251 e. The third kappa shape index (κ3) is 5.09. The van der Waals surface area contributed by atoms with Crippen molar-refractivity contribution in [2.24, 2.45) is 5.16 Å². The van der Waals surface area contributed by atoms with Crippen molar-refractivity contribution in [1.82, 2.24) is 5.32 Å². The molecule has 5 heteroatoms. The topological polar surface area (TPSA) is 70.9 Å². The molecule has 0 heterocycles. The highest BCUT2D eigenvalue weighted by atomic mass is 16.6. The van der Waals surface area contributed by atoms with E-state index >= 15 is 0 Å². The number of benzene rings is 1. The Kier molecular flexibility index (Phi) is 6.60. The summed E-state index contributed by atoms with van der Waals surface area (Å²) in [6.45, 7) is 2.05. The molecule has 0 fully saturated rings. The highest BCUT2D eigenvalue weighted by molar-refractivity contribution is 5.95. The van der Waals surface area contributed by atoms with E-state index < -0.39 is 0 Å². The molecule has 0 radical (unpaired) electrons. The fraction of sp³-hybridized carbons (Fsp3) is 0.429. The predicted octanol–water partition coefficient (Wildman–Crippen LogP) is 1.56. The summed E-state index contributed by atoms with van der Waals surface area (Å²) in [5, 5.41) is 15.4. The number of aliphatic hydroxyl groups is 1. The standard InChI is InChI=1S/C14H20N2O3/c1-3-13(8-9-17)16-14(18)12-6-4-11(5-7-12)10-15-19-2/h4-7,10,13,17H,3,8-9H2,1-2H3,(H,16,18)/b15-10+. The molecule has 0 bridgehead atoms. The van der Waals surface area contributed by atoms with E-state index in [1.165, 1.54) is 7.11 Å². The minimum Gasteiger partial charge on any atom is -0.399 e. The summed E-state index contributed by atoms with van der Waals surface area (Å²) in [6, 6.07) is 7.07. The molecule has 1 amide bonds. The number of rotatable bonds is 7. The van der Waals surface area contributed by atoms with Crippen LogP contribution >= 0.6 is 0 Å². The molecule has 5 nitrogen and oxygen atoms in total. The fourth-order valence-electron chi connectivity index (χ4n) is 1.64. The number of amides is 1. The Balaban J connectivity index is 2.64. The first-order valence-electron chi connectivity index (χ1n) is 6.29. The van der Waals surface area contributed by atoms with E-state index in [0.29, 0.717) is 12.0 Å². The minimum atomic E-state index is -0.129. The Bertz CT molecular complexity index is 415. The van der Waals surface area contributed by atoms with E-state index in [2.05, 4.69) is 15.3 Å². The molecule has 0 aromatic heterocycles. The predicted molar refractivity (Wildman–Crippen MR) is 74.3 cm³/mol. The molecule has 0 saturated carbocycles. The van der Waals surface area contributed by atoms with Crippen molar-refractivity contribution in [1.29, 1.82) is 0 Å². The van der Waals surface area contributed by atoms with Gasteiger partial charge in [-0.1, -0.05) is 24.2 Å². The molecule has 1 rings (SSSR count). The number of nitrogens with one attached hydrogen (secondary N) is 1. The lowest BCUT2D eigenvalue weighted by Crippen LogP contribution is -2.35. The van der Waals surface area contributed by atoms with Crippen LogP contribution in [-0.2, 0) is 4.84 Å². The molecule has 0 spiro atoms. The number of hydrogen-bond donors (Lipinski definition) is 2. The van der Waals surface area contributed by atoms with Gasteiger partial charge in [0.1, 0.15) is 7.11 Å². The van der Waals surface area contributed by atoms with Gasteiger partial charge < -0.3 is 15.3 Å². The van der Waals surface area contributed by atoms with Crippen LogP contribution in [0, 0.1) is 0 Å². The molecule has 1 unspecified atom stereocenters. The van der Waals surface area contributed by atoms with E-state index in [-0.39, 0.29) is 18.6 Å². The van der Waals surface area contributed by atoms with Crippen molar-refractivity contribution in [2.75, 3.05) is 13.7 Å². The Labute approximate surface area is 113 Å². The Morgan fingerprint density at radius 1 is 1.47 bits per heavy atom. The van der Waals surface area contributed by atoms with E-state index in [0.717, 1.165) is 12.0 Å². The van der Waals surface area contributed by atoms with Crippen LogP contribution in [0.4, 0.5) is 0 Å². The SMILES string of the molecule is CCC(CCO)NC(=O)c1ccc(/C=N/OC)cc1. The third-order valence-corrected chi connectivity index (χ3v) is 2.79. The summed E-state index contributed by atoms with van der Waals surface area (Å²) in [4.78, 5) is 16.5. The van der Waals surface area contributed by atoms with Gasteiger partial charge in [0.15, 0.2) is 0 Å². The Morgan fingerprint density at radius 3 is 2.68 bits per heavy atom. The molecule has 0 saturated heterocycles. The van der Waals surface area contributed by atoms with Crippen LogP contribution in [0.5, 0.6) is 0 Å². The van der Waals surface area contributed by atoms with Crippen molar-refractivity contribution in [3.8, 4) is 0 Å². The van der Waals surface area contributed by atoms with Crippen molar-refractivity contribution in [3.05, 3.63) is 35.4 Å². The first-order chi connectivity index (χ1) is 9.21. The van der Waals surface area contributed by atoms with Crippen molar-refractivity contribution in [3.63, 3.8) is 0 Å². The molecule has 0 aliphatic heterocycles. The van der Waals surface area contributed by atoms with Gasteiger partial charge in [-0.3, -0.25) is 4.79 Å². The second kappa shape index (κ2) is 8.26. The van der Waals surface area contributed by atoms with Gasteiger partial charge in [-0.05, 0) is 30.5 Å². The fourth-order valence-corrected chi connectivity index (χ4v) is 1.64. The minimum absolute atomic E-state index is 0.00669. The van der Waals surface area contributed by atoms with Crippen LogP contribution in [0.2, 0.25) is 0 Å². The lowest BCUT2D eigenvalue weighted by Gasteiger charge is -2.15. The zero-order valence-electron chi connectivity index (χ0n) is 11.3. The summed E-state index contributed by atoms with van der Waals surface area (Å²) < 4.78 is 0. The second-order valence-corrected chi connectivity index (χ2v) is 4.13. The van der Waals surface area contributed by atoms with Gasteiger partial charge in [0.05, 0.1) is 6.21 Å².